The normalized spacial score (nSPS) is 11.9. The summed E-state index contributed by atoms with van der Waals surface area (Å²) in [7, 11) is 0. The lowest BCUT2D eigenvalue weighted by atomic mass is 10.1. The van der Waals surface area contributed by atoms with Crippen LogP contribution in [0.5, 0.6) is 11.5 Å². The lowest BCUT2D eigenvalue weighted by molar-refractivity contribution is -0.139. The largest absolute Gasteiger partial charge is 0.487 e. The van der Waals surface area contributed by atoms with Crippen molar-refractivity contribution < 1.29 is 32.5 Å². The fraction of sp³-hybridized carbons (Fsp3) is 0.500. The molecule has 0 saturated carbocycles. The zero-order valence-electron chi connectivity index (χ0n) is 12.1. The SMILES string of the molecule is CC(C)Oc1cc(C(=O)O)cc(C(F)(F)F)c1OC(C)C. The first-order valence-corrected chi connectivity index (χ1v) is 6.34. The Bertz CT molecular complexity index is 522. The quantitative estimate of drug-likeness (QED) is 0.894. The fourth-order valence-electron chi connectivity index (χ4n) is 1.64. The molecule has 0 saturated heterocycles. The van der Waals surface area contributed by atoms with Crippen molar-refractivity contribution in [3.8, 4) is 11.5 Å². The van der Waals surface area contributed by atoms with Crippen LogP contribution in [0.4, 0.5) is 13.2 Å². The third kappa shape index (κ3) is 4.54. The van der Waals surface area contributed by atoms with Crippen LogP contribution in [0.1, 0.15) is 43.6 Å². The summed E-state index contributed by atoms with van der Waals surface area (Å²) in [6, 6.07) is 1.59. The van der Waals surface area contributed by atoms with Crippen LogP contribution in [0, 0.1) is 0 Å². The number of ether oxygens (including phenoxy) is 2. The molecular weight excluding hydrogens is 289 g/mol. The Labute approximate surface area is 120 Å². The molecule has 1 N–H and O–H groups in total. The van der Waals surface area contributed by atoms with Crippen LogP contribution in [-0.4, -0.2) is 23.3 Å². The Morgan fingerprint density at radius 3 is 2.00 bits per heavy atom. The van der Waals surface area contributed by atoms with Crippen LogP contribution in [0.3, 0.4) is 0 Å². The number of hydrogen-bond acceptors (Lipinski definition) is 3. The Morgan fingerprint density at radius 1 is 1.10 bits per heavy atom. The van der Waals surface area contributed by atoms with Crippen LogP contribution in [-0.2, 0) is 6.18 Å². The molecule has 0 fully saturated rings. The van der Waals surface area contributed by atoms with Crippen LogP contribution in [0.15, 0.2) is 12.1 Å². The first-order valence-electron chi connectivity index (χ1n) is 6.34. The molecule has 0 radical (unpaired) electrons. The van der Waals surface area contributed by atoms with E-state index in [1.54, 1.807) is 27.7 Å². The van der Waals surface area contributed by atoms with Crippen LogP contribution < -0.4 is 9.47 Å². The number of aromatic carboxylic acids is 1. The highest BCUT2D eigenvalue weighted by Crippen LogP contribution is 2.43. The van der Waals surface area contributed by atoms with E-state index in [1.165, 1.54) is 0 Å². The second-order valence-electron chi connectivity index (χ2n) is 4.99. The van der Waals surface area contributed by atoms with E-state index in [1.807, 2.05) is 0 Å². The fourth-order valence-corrected chi connectivity index (χ4v) is 1.64. The Kier molecular flexibility index (Phi) is 5.09. The van der Waals surface area contributed by atoms with Gasteiger partial charge in [0.1, 0.15) is 5.56 Å². The van der Waals surface area contributed by atoms with Crippen molar-refractivity contribution in [2.45, 2.75) is 46.1 Å². The molecule has 0 aliphatic rings. The lowest BCUT2D eigenvalue weighted by Crippen LogP contribution is -2.17. The van der Waals surface area contributed by atoms with Crippen LogP contribution in [0.2, 0.25) is 0 Å². The van der Waals surface area contributed by atoms with E-state index >= 15 is 0 Å². The summed E-state index contributed by atoms with van der Waals surface area (Å²) in [4.78, 5) is 11.0. The number of halogens is 3. The molecule has 0 spiro atoms. The summed E-state index contributed by atoms with van der Waals surface area (Å²) in [6.45, 7) is 6.40. The average Bonchev–Trinajstić information content (AvgIpc) is 2.27. The highest BCUT2D eigenvalue weighted by Gasteiger charge is 2.37. The number of carboxylic acids is 1. The van der Waals surface area contributed by atoms with E-state index in [9.17, 15) is 18.0 Å². The van der Waals surface area contributed by atoms with Gasteiger partial charge in [0.2, 0.25) is 0 Å². The van der Waals surface area contributed by atoms with Crippen molar-refractivity contribution >= 4 is 5.97 Å². The number of carbonyl (C=O) groups is 1. The number of hydrogen-bond donors (Lipinski definition) is 1. The summed E-state index contributed by atoms with van der Waals surface area (Å²) in [5, 5.41) is 8.94. The van der Waals surface area contributed by atoms with Gasteiger partial charge in [-0.2, -0.15) is 13.2 Å². The molecular formula is C14H17F3O4. The highest BCUT2D eigenvalue weighted by molar-refractivity contribution is 5.89. The number of rotatable bonds is 5. The van der Waals surface area contributed by atoms with E-state index in [4.69, 9.17) is 14.6 Å². The maximum Gasteiger partial charge on any atom is 0.420 e. The Balaban J connectivity index is 3.56. The maximum absolute atomic E-state index is 13.1. The molecule has 0 aromatic heterocycles. The van der Waals surface area contributed by atoms with E-state index < -0.39 is 41.2 Å². The van der Waals surface area contributed by atoms with Gasteiger partial charge in [0.15, 0.2) is 11.5 Å². The van der Waals surface area contributed by atoms with Crippen LogP contribution in [0.25, 0.3) is 0 Å². The molecule has 0 bridgehead atoms. The topological polar surface area (TPSA) is 55.8 Å². The van der Waals surface area contributed by atoms with E-state index in [2.05, 4.69) is 0 Å². The first-order chi connectivity index (χ1) is 9.52. The van der Waals surface area contributed by atoms with Gasteiger partial charge in [0.05, 0.1) is 17.8 Å². The summed E-state index contributed by atoms with van der Waals surface area (Å²) in [5.74, 6) is -2.19. The minimum absolute atomic E-state index is 0.231. The van der Waals surface area contributed by atoms with Crippen molar-refractivity contribution in [2.75, 3.05) is 0 Å². The van der Waals surface area contributed by atoms with Crippen LogP contribution >= 0.6 is 0 Å². The number of benzene rings is 1. The predicted octanol–water partition coefficient (Wildman–Crippen LogP) is 3.98. The molecule has 0 heterocycles. The zero-order valence-corrected chi connectivity index (χ0v) is 12.1. The summed E-state index contributed by atoms with van der Waals surface area (Å²) in [5.41, 5.74) is -1.67. The van der Waals surface area contributed by atoms with Gasteiger partial charge in [0.25, 0.3) is 0 Å². The van der Waals surface area contributed by atoms with Gasteiger partial charge in [-0.25, -0.2) is 4.79 Å². The number of carboxylic acid groups (broad SMARTS) is 1. The molecule has 7 heteroatoms. The first kappa shape index (κ1) is 17.1. The third-order valence-corrected chi connectivity index (χ3v) is 2.32. The van der Waals surface area contributed by atoms with Crippen molar-refractivity contribution in [3.05, 3.63) is 23.3 Å². The predicted molar refractivity (Wildman–Crippen MR) is 69.9 cm³/mol. The molecule has 0 atom stereocenters. The smallest absolute Gasteiger partial charge is 0.420 e. The summed E-state index contributed by atoms with van der Waals surface area (Å²) < 4.78 is 49.9. The van der Waals surface area contributed by atoms with E-state index in [-0.39, 0.29) is 5.75 Å². The van der Waals surface area contributed by atoms with Crippen molar-refractivity contribution in [3.63, 3.8) is 0 Å². The molecule has 0 aliphatic carbocycles. The van der Waals surface area contributed by atoms with Gasteiger partial charge >= 0.3 is 12.1 Å². The maximum atomic E-state index is 13.1. The molecule has 0 unspecified atom stereocenters. The van der Waals surface area contributed by atoms with Crippen molar-refractivity contribution in [2.24, 2.45) is 0 Å². The van der Waals surface area contributed by atoms with Gasteiger partial charge in [-0.15, -0.1) is 0 Å². The second-order valence-corrected chi connectivity index (χ2v) is 4.99. The van der Waals surface area contributed by atoms with Gasteiger partial charge in [-0.05, 0) is 39.8 Å². The third-order valence-electron chi connectivity index (χ3n) is 2.32. The molecule has 0 amide bonds. The van der Waals surface area contributed by atoms with E-state index in [0.29, 0.717) is 6.07 Å². The second kappa shape index (κ2) is 6.24. The Morgan fingerprint density at radius 2 is 1.62 bits per heavy atom. The van der Waals surface area contributed by atoms with Gasteiger partial charge < -0.3 is 14.6 Å². The summed E-state index contributed by atoms with van der Waals surface area (Å²) >= 11 is 0. The van der Waals surface area contributed by atoms with Gasteiger partial charge in [-0.1, -0.05) is 0 Å². The van der Waals surface area contributed by atoms with Gasteiger partial charge in [0, 0.05) is 0 Å². The van der Waals surface area contributed by atoms with Gasteiger partial charge in [-0.3, -0.25) is 0 Å². The summed E-state index contributed by atoms with van der Waals surface area (Å²) in [6.07, 6.45) is -5.69. The Hall–Kier alpha value is -1.92. The standard InChI is InChI=1S/C14H17F3O4/c1-7(2)20-11-6-9(13(18)19)5-10(14(15,16)17)12(11)21-8(3)4/h5-8H,1-4H3,(H,18,19). The molecule has 4 nitrogen and oxygen atoms in total. The molecule has 1 aromatic carbocycles. The molecule has 1 aromatic rings. The monoisotopic (exact) mass is 306 g/mol. The number of alkyl halides is 3. The van der Waals surface area contributed by atoms with Crippen molar-refractivity contribution in [1.29, 1.82) is 0 Å². The highest BCUT2D eigenvalue weighted by atomic mass is 19.4. The molecule has 118 valence electrons. The molecule has 1 rings (SSSR count). The molecule has 21 heavy (non-hydrogen) atoms. The minimum atomic E-state index is -4.75. The van der Waals surface area contributed by atoms with Crippen molar-refractivity contribution in [1.82, 2.24) is 0 Å². The molecule has 0 aliphatic heterocycles. The minimum Gasteiger partial charge on any atom is -0.487 e. The lowest BCUT2D eigenvalue weighted by Gasteiger charge is -2.21. The van der Waals surface area contributed by atoms with E-state index in [0.717, 1.165) is 6.07 Å². The average molecular weight is 306 g/mol. The zero-order chi connectivity index (χ0) is 16.4.